The van der Waals surface area contributed by atoms with Crippen molar-refractivity contribution in [1.29, 1.82) is 0 Å². The maximum absolute atomic E-state index is 4.48. The van der Waals surface area contributed by atoms with Crippen molar-refractivity contribution in [2.24, 2.45) is 4.99 Å². The molecule has 1 aromatic rings. The topological polar surface area (TPSA) is 42.9 Å². The van der Waals surface area contributed by atoms with Crippen LogP contribution < -0.4 is 10.6 Å². The lowest BCUT2D eigenvalue weighted by Crippen LogP contribution is -2.56. The van der Waals surface area contributed by atoms with Crippen LogP contribution in [0.15, 0.2) is 22.5 Å². The molecule has 2 N–H and O–H groups in total. The van der Waals surface area contributed by atoms with E-state index in [1.54, 1.807) is 0 Å². The average molecular weight is 506 g/mol. The molecule has 27 heavy (non-hydrogen) atoms. The molecule has 2 fully saturated rings. The first-order chi connectivity index (χ1) is 12.6. The molecule has 0 aromatic carbocycles. The van der Waals surface area contributed by atoms with Gasteiger partial charge in [0.1, 0.15) is 0 Å². The first-order valence-electron chi connectivity index (χ1n) is 10.0. The molecule has 1 aromatic heterocycles. The van der Waals surface area contributed by atoms with Gasteiger partial charge in [0, 0.05) is 56.1 Å². The molecule has 0 radical (unpaired) electrons. The van der Waals surface area contributed by atoms with Crippen LogP contribution in [0.25, 0.3) is 0 Å². The summed E-state index contributed by atoms with van der Waals surface area (Å²) < 4.78 is 0. The van der Waals surface area contributed by atoms with Crippen LogP contribution in [0.5, 0.6) is 0 Å². The van der Waals surface area contributed by atoms with E-state index >= 15 is 0 Å². The molecule has 0 spiro atoms. The molecule has 7 heteroatoms. The van der Waals surface area contributed by atoms with Crippen LogP contribution >= 0.6 is 35.3 Å². The molecular formula is C20H36IN5S. The van der Waals surface area contributed by atoms with Gasteiger partial charge in [-0.05, 0) is 38.4 Å². The Balaban J connectivity index is 0.00000261. The summed E-state index contributed by atoms with van der Waals surface area (Å²) in [6, 6.07) is 5.05. The van der Waals surface area contributed by atoms with E-state index in [0.29, 0.717) is 6.04 Å². The lowest BCUT2D eigenvalue weighted by Gasteiger charge is -2.39. The molecule has 0 amide bonds. The van der Waals surface area contributed by atoms with Crippen LogP contribution in [-0.4, -0.2) is 75.7 Å². The van der Waals surface area contributed by atoms with Crippen molar-refractivity contribution < 1.29 is 0 Å². The zero-order valence-electron chi connectivity index (χ0n) is 17.0. The van der Waals surface area contributed by atoms with Gasteiger partial charge in [-0.2, -0.15) is 0 Å². The number of thiophene rings is 1. The standard InChI is InChI=1S/C20H35N5S.HI/c1-21-19(22-14-17-15-24(2)11-12-25(17)3)23-16-20(9-5-4-6-10-20)18-8-7-13-26-18;/h7-8,13,17H,4-6,9-12,14-16H2,1-3H3,(H2,21,22,23);1H. The van der Waals surface area contributed by atoms with E-state index in [4.69, 9.17) is 0 Å². The highest BCUT2D eigenvalue weighted by Gasteiger charge is 2.35. The second-order valence-corrected chi connectivity index (χ2v) is 8.97. The van der Waals surface area contributed by atoms with E-state index in [1.807, 2.05) is 18.4 Å². The molecule has 1 atom stereocenters. The van der Waals surface area contributed by atoms with E-state index in [9.17, 15) is 0 Å². The van der Waals surface area contributed by atoms with Crippen LogP contribution in [0.3, 0.4) is 0 Å². The summed E-state index contributed by atoms with van der Waals surface area (Å²) >= 11 is 1.91. The Morgan fingerprint density at radius 1 is 1.22 bits per heavy atom. The predicted octanol–water partition coefficient (Wildman–Crippen LogP) is 2.98. The van der Waals surface area contributed by atoms with Gasteiger partial charge in [0.25, 0.3) is 0 Å². The van der Waals surface area contributed by atoms with Crippen molar-refractivity contribution in [2.45, 2.75) is 43.6 Å². The second-order valence-electron chi connectivity index (χ2n) is 8.02. The third-order valence-corrected chi connectivity index (χ3v) is 7.27. The number of guanidine groups is 1. The van der Waals surface area contributed by atoms with E-state index in [0.717, 1.165) is 38.7 Å². The molecule has 2 heterocycles. The molecule has 3 rings (SSSR count). The molecule has 5 nitrogen and oxygen atoms in total. The summed E-state index contributed by atoms with van der Waals surface area (Å²) in [5.74, 6) is 0.938. The van der Waals surface area contributed by atoms with Gasteiger partial charge in [-0.25, -0.2) is 0 Å². The van der Waals surface area contributed by atoms with Crippen molar-refractivity contribution in [2.75, 3.05) is 53.9 Å². The zero-order chi connectivity index (χ0) is 18.4. The SMILES string of the molecule is CN=C(NCC1CN(C)CCN1C)NCC1(c2cccs2)CCCCC1.I. The minimum absolute atomic E-state index is 0. The summed E-state index contributed by atoms with van der Waals surface area (Å²) in [5, 5.41) is 9.43. The Morgan fingerprint density at radius 3 is 2.67 bits per heavy atom. The normalized spacial score (nSPS) is 24.3. The average Bonchev–Trinajstić information content (AvgIpc) is 3.21. The first kappa shape index (κ1) is 22.9. The van der Waals surface area contributed by atoms with Crippen molar-refractivity contribution >= 4 is 41.3 Å². The highest BCUT2D eigenvalue weighted by molar-refractivity contribution is 14.0. The minimum Gasteiger partial charge on any atom is -0.355 e. The lowest BCUT2D eigenvalue weighted by atomic mass is 9.73. The number of likely N-dealkylation sites (N-methyl/N-ethyl adjacent to an activating group) is 2. The number of hydrogen-bond donors (Lipinski definition) is 2. The number of hydrogen-bond acceptors (Lipinski definition) is 4. The smallest absolute Gasteiger partial charge is 0.191 e. The third kappa shape index (κ3) is 6.05. The number of rotatable bonds is 5. The maximum Gasteiger partial charge on any atom is 0.191 e. The van der Waals surface area contributed by atoms with Gasteiger partial charge >= 0.3 is 0 Å². The molecule has 2 aliphatic rings. The quantitative estimate of drug-likeness (QED) is 0.367. The van der Waals surface area contributed by atoms with E-state index in [-0.39, 0.29) is 29.4 Å². The fourth-order valence-corrected chi connectivity index (χ4v) is 5.32. The fraction of sp³-hybridized carbons (Fsp3) is 0.750. The maximum atomic E-state index is 4.48. The Bertz CT molecular complexity index is 571. The summed E-state index contributed by atoms with van der Waals surface area (Å²) in [4.78, 5) is 10.9. The van der Waals surface area contributed by atoms with Gasteiger partial charge in [0.2, 0.25) is 0 Å². The highest BCUT2D eigenvalue weighted by atomic mass is 127. The number of piperazine rings is 1. The number of halogens is 1. The van der Waals surface area contributed by atoms with Crippen LogP contribution in [0.4, 0.5) is 0 Å². The van der Waals surface area contributed by atoms with E-state index in [1.165, 1.54) is 37.0 Å². The van der Waals surface area contributed by atoms with Crippen molar-refractivity contribution in [3.8, 4) is 0 Å². The summed E-state index contributed by atoms with van der Waals surface area (Å²) in [6.07, 6.45) is 6.62. The molecule has 1 saturated heterocycles. The Morgan fingerprint density at radius 2 is 2.00 bits per heavy atom. The van der Waals surface area contributed by atoms with Crippen LogP contribution in [-0.2, 0) is 5.41 Å². The number of aliphatic imine (C=N–C) groups is 1. The summed E-state index contributed by atoms with van der Waals surface area (Å²) in [5.41, 5.74) is 0.284. The van der Waals surface area contributed by atoms with Crippen molar-refractivity contribution in [3.05, 3.63) is 22.4 Å². The van der Waals surface area contributed by atoms with E-state index in [2.05, 4.69) is 57.0 Å². The molecule has 154 valence electrons. The van der Waals surface area contributed by atoms with Crippen molar-refractivity contribution in [3.63, 3.8) is 0 Å². The molecular weight excluding hydrogens is 469 g/mol. The van der Waals surface area contributed by atoms with Crippen LogP contribution in [0.2, 0.25) is 0 Å². The fourth-order valence-electron chi connectivity index (χ4n) is 4.33. The second kappa shape index (κ2) is 11.0. The minimum atomic E-state index is 0. The Kier molecular flexibility index (Phi) is 9.31. The zero-order valence-corrected chi connectivity index (χ0v) is 20.2. The molecule has 1 aliphatic heterocycles. The molecule has 1 saturated carbocycles. The van der Waals surface area contributed by atoms with Gasteiger partial charge in [-0.1, -0.05) is 25.3 Å². The molecule has 1 aliphatic carbocycles. The highest BCUT2D eigenvalue weighted by Crippen LogP contribution is 2.41. The molecule has 1 unspecified atom stereocenters. The lowest BCUT2D eigenvalue weighted by molar-refractivity contribution is 0.116. The first-order valence-corrected chi connectivity index (χ1v) is 10.9. The Labute approximate surface area is 186 Å². The predicted molar refractivity (Wildman–Crippen MR) is 128 cm³/mol. The number of nitrogens with one attached hydrogen (secondary N) is 2. The van der Waals surface area contributed by atoms with Crippen molar-refractivity contribution in [1.82, 2.24) is 20.4 Å². The van der Waals surface area contributed by atoms with Crippen LogP contribution in [0.1, 0.15) is 37.0 Å². The molecule has 0 bridgehead atoms. The van der Waals surface area contributed by atoms with Gasteiger partial charge in [-0.15, -0.1) is 35.3 Å². The summed E-state index contributed by atoms with van der Waals surface area (Å²) in [6.45, 7) is 5.32. The van der Waals surface area contributed by atoms with Gasteiger partial charge in [0.05, 0.1) is 0 Å². The van der Waals surface area contributed by atoms with Gasteiger partial charge in [0.15, 0.2) is 5.96 Å². The Hall–Kier alpha value is -0.380. The monoisotopic (exact) mass is 505 g/mol. The largest absolute Gasteiger partial charge is 0.355 e. The van der Waals surface area contributed by atoms with Gasteiger partial charge in [-0.3, -0.25) is 9.89 Å². The van der Waals surface area contributed by atoms with Crippen LogP contribution in [0, 0.1) is 0 Å². The number of nitrogens with zero attached hydrogens (tertiary/aromatic N) is 3. The summed E-state index contributed by atoms with van der Waals surface area (Å²) in [7, 11) is 6.31. The van der Waals surface area contributed by atoms with Gasteiger partial charge < -0.3 is 15.5 Å². The van der Waals surface area contributed by atoms with E-state index < -0.39 is 0 Å². The third-order valence-electron chi connectivity index (χ3n) is 6.16.